The van der Waals surface area contributed by atoms with Crippen molar-refractivity contribution in [2.45, 2.75) is 25.4 Å². The van der Waals surface area contributed by atoms with Crippen molar-refractivity contribution in [2.24, 2.45) is 0 Å². The number of nitrogens with zero attached hydrogens (tertiary/aromatic N) is 4. The SMILES string of the molecule is C[C@@H](C(=O)N1CC[C@@H](Oc2cccnc2N(C)C)C1)c1cccnc1. The third-order valence-electron chi connectivity index (χ3n) is 4.48. The minimum atomic E-state index is -0.192. The zero-order valence-corrected chi connectivity index (χ0v) is 14.9. The lowest BCUT2D eigenvalue weighted by Gasteiger charge is -2.22. The van der Waals surface area contributed by atoms with Gasteiger partial charge in [0, 0.05) is 45.7 Å². The maximum absolute atomic E-state index is 12.7. The number of ether oxygens (including phenoxy) is 1. The number of carbonyl (C=O) groups excluding carboxylic acids is 1. The van der Waals surface area contributed by atoms with Gasteiger partial charge in [-0.2, -0.15) is 0 Å². The molecule has 1 saturated heterocycles. The normalized spacial score (nSPS) is 18.0. The molecular weight excluding hydrogens is 316 g/mol. The summed E-state index contributed by atoms with van der Waals surface area (Å²) in [5.74, 6) is 1.49. The topological polar surface area (TPSA) is 58.6 Å². The van der Waals surface area contributed by atoms with Gasteiger partial charge >= 0.3 is 0 Å². The van der Waals surface area contributed by atoms with Crippen molar-refractivity contribution in [1.29, 1.82) is 0 Å². The summed E-state index contributed by atoms with van der Waals surface area (Å²) in [4.78, 5) is 25.0. The molecule has 6 heteroatoms. The van der Waals surface area contributed by atoms with E-state index in [1.165, 1.54) is 0 Å². The average molecular weight is 340 g/mol. The van der Waals surface area contributed by atoms with Gasteiger partial charge in [-0.05, 0) is 30.7 Å². The van der Waals surface area contributed by atoms with Gasteiger partial charge in [0.1, 0.15) is 6.10 Å². The first-order chi connectivity index (χ1) is 12.1. The number of hydrogen-bond acceptors (Lipinski definition) is 5. The monoisotopic (exact) mass is 340 g/mol. The van der Waals surface area contributed by atoms with E-state index < -0.39 is 0 Å². The highest BCUT2D eigenvalue weighted by Crippen LogP contribution is 2.27. The molecule has 6 nitrogen and oxygen atoms in total. The maximum atomic E-state index is 12.7. The molecule has 0 bridgehead atoms. The second-order valence-electron chi connectivity index (χ2n) is 6.54. The molecule has 1 amide bonds. The van der Waals surface area contributed by atoms with Crippen LogP contribution in [0.3, 0.4) is 0 Å². The number of carbonyl (C=O) groups is 1. The minimum absolute atomic E-state index is 0.00653. The molecule has 0 aromatic carbocycles. The molecule has 132 valence electrons. The van der Waals surface area contributed by atoms with Crippen molar-refractivity contribution >= 4 is 11.7 Å². The molecule has 25 heavy (non-hydrogen) atoms. The fourth-order valence-electron chi connectivity index (χ4n) is 3.06. The van der Waals surface area contributed by atoms with Crippen LogP contribution in [0, 0.1) is 0 Å². The molecule has 1 fully saturated rings. The number of rotatable bonds is 5. The smallest absolute Gasteiger partial charge is 0.230 e. The van der Waals surface area contributed by atoms with Gasteiger partial charge in [-0.25, -0.2) is 4.98 Å². The first kappa shape index (κ1) is 17.2. The second kappa shape index (κ2) is 7.51. The maximum Gasteiger partial charge on any atom is 0.230 e. The lowest BCUT2D eigenvalue weighted by molar-refractivity contribution is -0.131. The van der Waals surface area contributed by atoms with Crippen LogP contribution in [0.2, 0.25) is 0 Å². The van der Waals surface area contributed by atoms with Gasteiger partial charge in [-0.15, -0.1) is 0 Å². The van der Waals surface area contributed by atoms with E-state index in [4.69, 9.17) is 4.74 Å². The standard InChI is InChI=1S/C19H24N4O2/c1-14(15-6-4-9-20-12-15)19(24)23-11-8-16(13-23)25-17-7-5-10-21-18(17)22(2)3/h4-7,9-10,12,14,16H,8,11,13H2,1-3H3/t14-,16-/m1/s1. The van der Waals surface area contributed by atoms with E-state index in [1.807, 2.05) is 55.1 Å². The van der Waals surface area contributed by atoms with E-state index in [0.717, 1.165) is 23.6 Å². The van der Waals surface area contributed by atoms with Gasteiger partial charge < -0.3 is 14.5 Å². The zero-order valence-electron chi connectivity index (χ0n) is 14.9. The Kier molecular flexibility index (Phi) is 5.16. The lowest BCUT2D eigenvalue weighted by atomic mass is 10.0. The summed E-state index contributed by atoms with van der Waals surface area (Å²) in [6.07, 6.45) is 6.05. The van der Waals surface area contributed by atoms with Crippen LogP contribution in [-0.4, -0.2) is 54.1 Å². The van der Waals surface area contributed by atoms with E-state index in [9.17, 15) is 4.79 Å². The Morgan fingerprint density at radius 2 is 2.12 bits per heavy atom. The molecule has 0 unspecified atom stereocenters. The van der Waals surface area contributed by atoms with Crippen molar-refractivity contribution in [3.05, 3.63) is 48.4 Å². The molecule has 3 rings (SSSR count). The molecule has 0 radical (unpaired) electrons. The lowest BCUT2D eigenvalue weighted by Crippen LogP contribution is -2.34. The number of pyridine rings is 2. The number of aromatic nitrogens is 2. The van der Waals surface area contributed by atoms with Crippen LogP contribution in [0.1, 0.15) is 24.8 Å². The molecule has 0 spiro atoms. The van der Waals surface area contributed by atoms with E-state index in [1.54, 1.807) is 18.6 Å². The van der Waals surface area contributed by atoms with Crippen LogP contribution in [0.4, 0.5) is 5.82 Å². The summed E-state index contributed by atoms with van der Waals surface area (Å²) in [6.45, 7) is 3.25. The van der Waals surface area contributed by atoms with Crippen LogP contribution in [-0.2, 0) is 4.79 Å². The van der Waals surface area contributed by atoms with E-state index in [0.29, 0.717) is 13.1 Å². The molecule has 3 heterocycles. The van der Waals surface area contributed by atoms with Gasteiger partial charge in [-0.1, -0.05) is 6.07 Å². The third kappa shape index (κ3) is 3.90. The molecule has 0 N–H and O–H groups in total. The summed E-state index contributed by atoms with van der Waals surface area (Å²) in [7, 11) is 3.88. The summed E-state index contributed by atoms with van der Waals surface area (Å²) in [5.41, 5.74) is 0.944. The Labute approximate surface area is 148 Å². The molecule has 2 aromatic heterocycles. The predicted molar refractivity (Wildman–Crippen MR) is 96.8 cm³/mol. The third-order valence-corrected chi connectivity index (χ3v) is 4.48. The van der Waals surface area contributed by atoms with E-state index >= 15 is 0 Å². The van der Waals surface area contributed by atoms with Crippen molar-refractivity contribution in [3.8, 4) is 5.75 Å². The Balaban J connectivity index is 1.63. The van der Waals surface area contributed by atoms with Crippen LogP contribution in [0.15, 0.2) is 42.9 Å². The summed E-state index contributed by atoms with van der Waals surface area (Å²) in [5, 5.41) is 0. The first-order valence-electron chi connectivity index (χ1n) is 8.54. The number of amides is 1. The van der Waals surface area contributed by atoms with Crippen LogP contribution in [0.5, 0.6) is 5.75 Å². The minimum Gasteiger partial charge on any atom is -0.485 e. The highest BCUT2D eigenvalue weighted by atomic mass is 16.5. The second-order valence-corrected chi connectivity index (χ2v) is 6.54. The number of anilines is 1. The molecule has 1 aliphatic rings. The number of likely N-dealkylation sites (tertiary alicyclic amines) is 1. The largest absolute Gasteiger partial charge is 0.485 e. The van der Waals surface area contributed by atoms with Gasteiger partial charge in [0.15, 0.2) is 11.6 Å². The first-order valence-corrected chi connectivity index (χ1v) is 8.54. The average Bonchev–Trinajstić information content (AvgIpc) is 3.10. The molecule has 2 atom stereocenters. The van der Waals surface area contributed by atoms with Crippen molar-refractivity contribution in [3.63, 3.8) is 0 Å². The van der Waals surface area contributed by atoms with Crippen molar-refractivity contribution in [2.75, 3.05) is 32.1 Å². The van der Waals surface area contributed by atoms with Crippen LogP contribution < -0.4 is 9.64 Å². The van der Waals surface area contributed by atoms with Gasteiger partial charge in [0.05, 0.1) is 12.5 Å². The Hall–Kier alpha value is -2.63. The fraction of sp³-hybridized carbons (Fsp3) is 0.421. The van der Waals surface area contributed by atoms with E-state index in [2.05, 4.69) is 9.97 Å². The number of hydrogen-bond donors (Lipinski definition) is 0. The van der Waals surface area contributed by atoms with Crippen LogP contribution in [0.25, 0.3) is 0 Å². The Morgan fingerprint density at radius 3 is 2.84 bits per heavy atom. The summed E-state index contributed by atoms with van der Waals surface area (Å²) >= 11 is 0. The molecule has 1 aliphatic heterocycles. The van der Waals surface area contributed by atoms with Gasteiger partial charge in [0.2, 0.25) is 5.91 Å². The summed E-state index contributed by atoms with van der Waals surface area (Å²) < 4.78 is 6.12. The molecular formula is C19H24N4O2. The Bertz CT molecular complexity index is 720. The fourth-order valence-corrected chi connectivity index (χ4v) is 3.06. The van der Waals surface area contributed by atoms with Crippen molar-refractivity contribution in [1.82, 2.24) is 14.9 Å². The van der Waals surface area contributed by atoms with Crippen molar-refractivity contribution < 1.29 is 9.53 Å². The molecule has 0 saturated carbocycles. The van der Waals surface area contributed by atoms with E-state index in [-0.39, 0.29) is 17.9 Å². The predicted octanol–water partition coefficient (Wildman–Crippen LogP) is 2.33. The highest BCUT2D eigenvalue weighted by molar-refractivity contribution is 5.83. The van der Waals surface area contributed by atoms with Gasteiger partial charge in [0.25, 0.3) is 0 Å². The molecule has 2 aromatic rings. The zero-order chi connectivity index (χ0) is 17.8. The Morgan fingerprint density at radius 1 is 1.32 bits per heavy atom. The highest BCUT2D eigenvalue weighted by Gasteiger charge is 2.31. The molecule has 0 aliphatic carbocycles. The quantitative estimate of drug-likeness (QED) is 0.836. The summed E-state index contributed by atoms with van der Waals surface area (Å²) in [6, 6.07) is 7.59. The van der Waals surface area contributed by atoms with Crippen LogP contribution >= 0.6 is 0 Å². The van der Waals surface area contributed by atoms with Gasteiger partial charge in [-0.3, -0.25) is 9.78 Å².